The van der Waals surface area contributed by atoms with Crippen molar-refractivity contribution in [1.82, 2.24) is 10.2 Å². The molecule has 3 aliphatic heterocycles. The summed E-state index contributed by atoms with van der Waals surface area (Å²) in [5, 5.41) is 19.0. The summed E-state index contributed by atoms with van der Waals surface area (Å²) in [5.74, 6) is 0.157. The van der Waals surface area contributed by atoms with Crippen LogP contribution in [-0.2, 0) is 16.1 Å². The van der Waals surface area contributed by atoms with Gasteiger partial charge in [0, 0.05) is 6.54 Å². The van der Waals surface area contributed by atoms with Crippen molar-refractivity contribution in [1.29, 1.82) is 0 Å². The molecule has 10 heteroatoms. The quantitative estimate of drug-likeness (QED) is 0.372. The van der Waals surface area contributed by atoms with Crippen molar-refractivity contribution < 1.29 is 38.5 Å². The highest BCUT2D eigenvalue weighted by atomic mass is 16.6. The zero-order valence-corrected chi connectivity index (χ0v) is 20.7. The summed E-state index contributed by atoms with van der Waals surface area (Å²) in [6.07, 6.45) is 1.64. The largest absolute Gasteiger partial charge is 0.486 e. The molecule has 1 amide bonds. The second kappa shape index (κ2) is 12.8. The number of aromatic carboxylic acids is 1. The molecule has 0 saturated carbocycles. The molecule has 10 nitrogen and oxygen atoms in total. The number of nitrogens with one attached hydrogen (secondary N) is 1. The fraction of sp³-hybridized carbons (Fsp3) is 0.321. The van der Waals surface area contributed by atoms with Gasteiger partial charge in [0.15, 0.2) is 0 Å². The fourth-order valence-corrected chi connectivity index (χ4v) is 4.85. The molecule has 3 aliphatic rings. The second-order valence-corrected chi connectivity index (χ2v) is 9.11. The van der Waals surface area contributed by atoms with Crippen LogP contribution in [0.2, 0.25) is 0 Å². The van der Waals surface area contributed by atoms with Crippen LogP contribution in [0.5, 0.6) is 5.75 Å². The minimum atomic E-state index is -1.12. The summed E-state index contributed by atoms with van der Waals surface area (Å²) in [6.45, 7) is 2.80. The summed E-state index contributed by atoms with van der Waals surface area (Å²) in [4.78, 5) is 34.7. The van der Waals surface area contributed by atoms with Gasteiger partial charge in [-0.05, 0) is 67.2 Å². The SMILES string of the molecule is O=C(NC(c1ccccc1)c1cccc(OCc2ccc(C(=O)O)o2)c1)O[C@H]1CN2CCC1CC2.O=CO. The molecule has 3 aromatic rings. The third-order valence-corrected chi connectivity index (χ3v) is 6.69. The standard InChI is InChI=1S/C27H28N2O6.CH2O2/c30-26(31)23-10-9-22(34-23)17-33-21-8-4-7-20(15-21)25(19-5-2-1-3-6-19)28-27(32)35-24-16-29-13-11-18(24)12-14-29;2-1-3/h1-10,15,18,24-25H,11-14,16-17H2,(H,28,32)(H,30,31);1H,(H,2,3)/t24-,25?;/m0./s1. The molecule has 0 aliphatic carbocycles. The fourth-order valence-electron chi connectivity index (χ4n) is 4.85. The van der Waals surface area contributed by atoms with Gasteiger partial charge in [0.05, 0.1) is 6.04 Å². The molecule has 2 atom stereocenters. The number of furan rings is 1. The minimum Gasteiger partial charge on any atom is -0.486 e. The van der Waals surface area contributed by atoms with Crippen molar-refractivity contribution in [3.63, 3.8) is 0 Å². The molecule has 4 heterocycles. The Morgan fingerprint density at radius 2 is 1.76 bits per heavy atom. The molecule has 2 bridgehead atoms. The summed E-state index contributed by atoms with van der Waals surface area (Å²) in [6, 6.07) is 19.7. The zero-order chi connectivity index (χ0) is 26.9. The molecule has 2 aromatic carbocycles. The zero-order valence-electron chi connectivity index (χ0n) is 20.7. The Morgan fingerprint density at radius 3 is 2.39 bits per heavy atom. The molecule has 0 spiro atoms. The van der Waals surface area contributed by atoms with Crippen molar-refractivity contribution in [3.05, 3.63) is 89.4 Å². The van der Waals surface area contributed by atoms with Crippen LogP contribution < -0.4 is 10.1 Å². The van der Waals surface area contributed by atoms with E-state index in [2.05, 4.69) is 10.2 Å². The van der Waals surface area contributed by atoms with E-state index in [9.17, 15) is 9.59 Å². The molecule has 200 valence electrons. The molecule has 1 unspecified atom stereocenters. The minimum absolute atomic E-state index is 0.0763. The van der Waals surface area contributed by atoms with Gasteiger partial charge in [0.1, 0.15) is 24.2 Å². The third-order valence-electron chi connectivity index (χ3n) is 6.69. The van der Waals surface area contributed by atoms with Crippen LogP contribution in [0.3, 0.4) is 0 Å². The number of piperidine rings is 3. The first kappa shape index (κ1) is 26.7. The lowest BCUT2D eigenvalue weighted by atomic mass is 9.86. The number of carboxylic acid groups (broad SMARTS) is 2. The van der Waals surface area contributed by atoms with Crippen LogP contribution in [-0.4, -0.2) is 59.4 Å². The van der Waals surface area contributed by atoms with E-state index < -0.39 is 18.1 Å². The number of alkyl carbamates (subject to hydrolysis) is 1. The molecule has 3 fully saturated rings. The van der Waals surface area contributed by atoms with E-state index in [1.807, 2.05) is 48.5 Å². The van der Waals surface area contributed by atoms with E-state index in [0.29, 0.717) is 17.4 Å². The van der Waals surface area contributed by atoms with E-state index in [-0.39, 0.29) is 24.9 Å². The van der Waals surface area contributed by atoms with Crippen molar-refractivity contribution in [3.8, 4) is 5.75 Å². The van der Waals surface area contributed by atoms with Crippen LogP contribution in [0, 0.1) is 5.92 Å². The molecule has 3 saturated heterocycles. The normalized spacial score (nSPS) is 20.4. The highest BCUT2D eigenvalue weighted by Gasteiger charge is 2.36. The highest BCUT2D eigenvalue weighted by Crippen LogP contribution is 2.30. The predicted molar refractivity (Wildman–Crippen MR) is 136 cm³/mol. The average Bonchev–Trinajstić information content (AvgIpc) is 3.42. The smallest absolute Gasteiger partial charge is 0.408 e. The molecule has 38 heavy (non-hydrogen) atoms. The summed E-state index contributed by atoms with van der Waals surface area (Å²) >= 11 is 0. The Hall–Kier alpha value is -4.31. The lowest BCUT2D eigenvalue weighted by Crippen LogP contribution is -2.52. The predicted octanol–water partition coefficient (Wildman–Crippen LogP) is 4.17. The molecule has 3 N–H and O–H groups in total. The molecule has 0 radical (unpaired) electrons. The lowest BCUT2D eigenvalue weighted by molar-refractivity contribution is -0.122. The number of amides is 1. The Bertz CT molecular complexity index is 1220. The molecular weight excluding hydrogens is 492 g/mol. The molecular formula is C28H30N2O8. The van der Waals surface area contributed by atoms with Crippen molar-refractivity contribution in [2.45, 2.75) is 31.6 Å². The van der Waals surface area contributed by atoms with Crippen molar-refractivity contribution >= 4 is 18.5 Å². The van der Waals surface area contributed by atoms with Crippen molar-refractivity contribution in [2.75, 3.05) is 19.6 Å². The third kappa shape index (κ3) is 6.92. The highest BCUT2D eigenvalue weighted by molar-refractivity contribution is 5.84. The first-order valence-corrected chi connectivity index (χ1v) is 12.3. The maximum Gasteiger partial charge on any atom is 0.408 e. The van der Waals surface area contributed by atoms with Crippen LogP contribution in [0.15, 0.2) is 71.1 Å². The number of rotatable bonds is 8. The van der Waals surface area contributed by atoms with Gasteiger partial charge in [-0.2, -0.15) is 0 Å². The van der Waals surface area contributed by atoms with E-state index >= 15 is 0 Å². The monoisotopic (exact) mass is 522 g/mol. The number of hydrogen-bond donors (Lipinski definition) is 3. The number of carbonyl (C=O) groups is 3. The van der Waals surface area contributed by atoms with Gasteiger partial charge in [-0.25, -0.2) is 9.59 Å². The first-order chi connectivity index (χ1) is 18.5. The summed E-state index contributed by atoms with van der Waals surface area (Å²) < 4.78 is 17.0. The van der Waals surface area contributed by atoms with Crippen LogP contribution in [0.4, 0.5) is 4.79 Å². The van der Waals surface area contributed by atoms with Crippen LogP contribution in [0.1, 0.15) is 46.3 Å². The summed E-state index contributed by atoms with van der Waals surface area (Å²) in [5.41, 5.74) is 1.76. The van der Waals surface area contributed by atoms with Gasteiger partial charge in [0.25, 0.3) is 6.47 Å². The number of nitrogens with zero attached hydrogens (tertiary/aromatic N) is 1. The number of ether oxygens (including phenoxy) is 2. The number of carboxylic acids is 1. The van der Waals surface area contributed by atoms with Gasteiger partial charge < -0.3 is 29.4 Å². The summed E-state index contributed by atoms with van der Waals surface area (Å²) in [7, 11) is 0. The van der Waals surface area contributed by atoms with E-state index in [0.717, 1.165) is 43.6 Å². The Labute approximate surface area is 219 Å². The molecule has 1 aromatic heterocycles. The maximum atomic E-state index is 13.0. The average molecular weight is 523 g/mol. The van der Waals surface area contributed by atoms with Crippen molar-refractivity contribution in [2.24, 2.45) is 5.92 Å². The number of hydrogen-bond acceptors (Lipinski definition) is 7. The van der Waals surface area contributed by atoms with Gasteiger partial charge in [-0.15, -0.1) is 0 Å². The Morgan fingerprint density at radius 1 is 1.05 bits per heavy atom. The van der Waals surface area contributed by atoms with E-state index in [1.54, 1.807) is 12.1 Å². The van der Waals surface area contributed by atoms with E-state index in [4.69, 9.17) is 28.9 Å². The number of benzene rings is 2. The van der Waals surface area contributed by atoms with Crippen LogP contribution in [0.25, 0.3) is 0 Å². The Kier molecular flexibility index (Phi) is 8.99. The topological polar surface area (TPSA) is 139 Å². The Balaban J connectivity index is 0.00000107. The van der Waals surface area contributed by atoms with Gasteiger partial charge in [-0.3, -0.25) is 9.69 Å². The molecule has 6 rings (SSSR count). The van der Waals surface area contributed by atoms with Crippen LogP contribution >= 0.6 is 0 Å². The van der Waals surface area contributed by atoms with Gasteiger partial charge in [-0.1, -0.05) is 42.5 Å². The first-order valence-electron chi connectivity index (χ1n) is 12.3. The van der Waals surface area contributed by atoms with Gasteiger partial charge in [0.2, 0.25) is 5.76 Å². The van der Waals surface area contributed by atoms with Gasteiger partial charge >= 0.3 is 12.1 Å². The number of fused-ring (bicyclic) bond motifs is 3. The van der Waals surface area contributed by atoms with E-state index in [1.165, 1.54) is 6.07 Å². The lowest BCUT2D eigenvalue weighted by Gasteiger charge is -2.43. The maximum absolute atomic E-state index is 13.0. The second-order valence-electron chi connectivity index (χ2n) is 9.11. The number of carbonyl (C=O) groups excluding carboxylic acids is 1.